The van der Waals surface area contributed by atoms with Crippen LogP contribution in [0, 0.1) is 10.1 Å². The molecule has 0 aliphatic carbocycles. The van der Waals surface area contributed by atoms with Crippen LogP contribution in [0.15, 0.2) is 47.8 Å². The van der Waals surface area contributed by atoms with Crippen LogP contribution in [-0.2, 0) is 4.74 Å². The van der Waals surface area contributed by atoms with Crippen molar-refractivity contribution in [3.63, 3.8) is 0 Å². The lowest BCUT2D eigenvalue weighted by molar-refractivity contribution is -0.384. The first kappa shape index (κ1) is 20.3. The molecule has 1 aliphatic heterocycles. The molecule has 154 valence electrons. The monoisotopic (exact) mass is 444 g/mol. The van der Waals surface area contributed by atoms with Gasteiger partial charge >= 0.3 is 0 Å². The van der Waals surface area contributed by atoms with Gasteiger partial charge in [-0.25, -0.2) is 4.98 Å². The quantitative estimate of drug-likeness (QED) is 0.461. The molecule has 0 unspecified atom stereocenters. The summed E-state index contributed by atoms with van der Waals surface area (Å²) in [5, 5.41) is 17.1. The molecule has 1 N–H and O–H groups in total. The molecule has 2 heterocycles. The van der Waals surface area contributed by atoms with E-state index >= 15 is 0 Å². The molecule has 8 nitrogen and oxygen atoms in total. The molecule has 0 atom stereocenters. The number of thiazole rings is 1. The first-order valence-corrected chi connectivity index (χ1v) is 10.4. The van der Waals surface area contributed by atoms with Crippen molar-refractivity contribution in [2.45, 2.75) is 0 Å². The average Bonchev–Trinajstić information content (AvgIpc) is 3.22. The fraction of sp³-hybridized carbons (Fsp3) is 0.200. The highest BCUT2D eigenvalue weighted by Gasteiger charge is 2.23. The number of morpholine rings is 1. The molecular formula is C20H17ClN4O4S. The highest BCUT2D eigenvalue weighted by molar-refractivity contribution is 7.14. The molecule has 1 aromatic heterocycles. The number of benzene rings is 2. The number of carbonyl (C=O) groups is 1. The Kier molecular flexibility index (Phi) is 5.93. The van der Waals surface area contributed by atoms with Gasteiger partial charge in [0.15, 0.2) is 5.13 Å². The predicted molar refractivity (Wildman–Crippen MR) is 117 cm³/mol. The Hall–Kier alpha value is -3.01. The normalized spacial score (nSPS) is 13.8. The maximum atomic E-state index is 12.6. The molecule has 0 saturated carbocycles. The van der Waals surface area contributed by atoms with E-state index in [9.17, 15) is 14.9 Å². The summed E-state index contributed by atoms with van der Waals surface area (Å²) in [4.78, 5) is 30.1. The third kappa shape index (κ3) is 4.43. The Balaban J connectivity index is 1.52. The second-order valence-electron chi connectivity index (χ2n) is 6.56. The number of hydrogen-bond acceptors (Lipinski definition) is 7. The van der Waals surface area contributed by atoms with E-state index in [-0.39, 0.29) is 11.3 Å². The summed E-state index contributed by atoms with van der Waals surface area (Å²) in [6, 6.07) is 11.7. The zero-order valence-corrected chi connectivity index (χ0v) is 17.3. The number of halogens is 1. The van der Waals surface area contributed by atoms with Gasteiger partial charge in [-0.05, 0) is 24.3 Å². The SMILES string of the molecule is O=C(Nc1nc(-c2ccc(Cl)cc2)cs1)c1ccc(N2CCOCC2)c([N+](=O)[O-])c1. The number of carbonyl (C=O) groups excluding carboxylic acids is 1. The van der Waals surface area contributed by atoms with E-state index in [1.165, 1.54) is 17.4 Å². The van der Waals surface area contributed by atoms with Gasteiger partial charge in [0, 0.05) is 40.7 Å². The zero-order valence-electron chi connectivity index (χ0n) is 15.7. The van der Waals surface area contributed by atoms with Crippen molar-refractivity contribution in [3.05, 3.63) is 68.5 Å². The number of ether oxygens (including phenoxy) is 1. The molecular weight excluding hydrogens is 428 g/mol. The fourth-order valence-electron chi connectivity index (χ4n) is 3.14. The van der Waals surface area contributed by atoms with Gasteiger partial charge in [0.05, 0.1) is 23.8 Å². The van der Waals surface area contributed by atoms with Crippen LogP contribution >= 0.6 is 22.9 Å². The minimum Gasteiger partial charge on any atom is -0.378 e. The first-order chi connectivity index (χ1) is 14.5. The third-order valence-electron chi connectivity index (χ3n) is 4.65. The lowest BCUT2D eigenvalue weighted by Crippen LogP contribution is -2.36. The van der Waals surface area contributed by atoms with E-state index in [4.69, 9.17) is 16.3 Å². The van der Waals surface area contributed by atoms with Crippen LogP contribution in [0.2, 0.25) is 5.02 Å². The van der Waals surface area contributed by atoms with Crippen molar-refractivity contribution >= 4 is 45.4 Å². The lowest BCUT2D eigenvalue weighted by atomic mass is 10.1. The standard InChI is InChI=1S/C20H17ClN4O4S/c21-15-4-1-13(2-5-15)16-12-30-20(22-16)23-19(26)14-3-6-17(18(11-14)25(27)28)24-7-9-29-10-8-24/h1-6,11-12H,7-10H2,(H,22,23,26). The van der Waals surface area contributed by atoms with Crippen LogP contribution in [0.1, 0.15) is 10.4 Å². The van der Waals surface area contributed by atoms with Gasteiger partial charge in [-0.2, -0.15) is 0 Å². The number of nitro groups is 1. The summed E-state index contributed by atoms with van der Waals surface area (Å²) in [6.07, 6.45) is 0. The Labute approximate surface area is 181 Å². The van der Waals surface area contributed by atoms with Crippen molar-refractivity contribution in [2.75, 3.05) is 36.5 Å². The topological polar surface area (TPSA) is 97.6 Å². The molecule has 1 amide bonds. The molecule has 10 heteroatoms. The number of nitrogens with one attached hydrogen (secondary N) is 1. The van der Waals surface area contributed by atoms with Crippen molar-refractivity contribution in [2.24, 2.45) is 0 Å². The lowest BCUT2D eigenvalue weighted by Gasteiger charge is -2.28. The summed E-state index contributed by atoms with van der Waals surface area (Å²) in [6.45, 7) is 2.16. The number of amides is 1. The molecule has 3 aromatic rings. The third-order valence-corrected chi connectivity index (χ3v) is 5.66. The molecule has 1 aliphatic rings. The summed E-state index contributed by atoms with van der Waals surface area (Å²) >= 11 is 7.18. The maximum Gasteiger partial charge on any atom is 0.293 e. The summed E-state index contributed by atoms with van der Waals surface area (Å²) in [5.41, 5.74) is 2.16. The van der Waals surface area contributed by atoms with Gasteiger partial charge in [-0.3, -0.25) is 20.2 Å². The van der Waals surface area contributed by atoms with Crippen LogP contribution in [0.4, 0.5) is 16.5 Å². The second-order valence-corrected chi connectivity index (χ2v) is 7.85. The van der Waals surface area contributed by atoms with E-state index in [0.29, 0.717) is 47.8 Å². The average molecular weight is 445 g/mol. The molecule has 0 spiro atoms. The van der Waals surface area contributed by atoms with E-state index in [1.54, 1.807) is 24.3 Å². The molecule has 4 rings (SSSR count). The molecule has 2 aromatic carbocycles. The Morgan fingerprint density at radius 2 is 1.93 bits per heavy atom. The number of rotatable bonds is 5. The van der Waals surface area contributed by atoms with Gasteiger partial charge in [-0.15, -0.1) is 11.3 Å². The Morgan fingerprint density at radius 3 is 2.63 bits per heavy atom. The van der Waals surface area contributed by atoms with Gasteiger partial charge in [0.1, 0.15) is 5.69 Å². The summed E-state index contributed by atoms with van der Waals surface area (Å²) < 4.78 is 5.30. The van der Waals surface area contributed by atoms with Crippen molar-refractivity contribution in [1.29, 1.82) is 0 Å². The maximum absolute atomic E-state index is 12.6. The molecule has 1 fully saturated rings. The van der Waals surface area contributed by atoms with E-state index in [2.05, 4.69) is 10.3 Å². The van der Waals surface area contributed by atoms with E-state index in [1.807, 2.05) is 22.4 Å². The van der Waals surface area contributed by atoms with Gasteiger partial charge in [0.25, 0.3) is 11.6 Å². The number of aromatic nitrogens is 1. The van der Waals surface area contributed by atoms with E-state index in [0.717, 1.165) is 5.56 Å². The van der Waals surface area contributed by atoms with Crippen LogP contribution < -0.4 is 10.2 Å². The van der Waals surface area contributed by atoms with Crippen LogP contribution in [0.5, 0.6) is 0 Å². The van der Waals surface area contributed by atoms with Gasteiger partial charge in [-0.1, -0.05) is 23.7 Å². The number of nitrogens with zero attached hydrogens (tertiary/aromatic N) is 3. The summed E-state index contributed by atoms with van der Waals surface area (Å²) in [5.74, 6) is -0.455. The number of nitro benzene ring substituents is 1. The second kappa shape index (κ2) is 8.78. The van der Waals surface area contributed by atoms with Crippen molar-refractivity contribution in [1.82, 2.24) is 4.98 Å². The molecule has 1 saturated heterocycles. The van der Waals surface area contributed by atoms with Gasteiger partial charge in [0.2, 0.25) is 0 Å². The Bertz CT molecular complexity index is 1080. The van der Waals surface area contributed by atoms with Crippen molar-refractivity contribution in [3.8, 4) is 11.3 Å². The minimum absolute atomic E-state index is 0.106. The Morgan fingerprint density at radius 1 is 1.20 bits per heavy atom. The van der Waals surface area contributed by atoms with E-state index < -0.39 is 10.8 Å². The zero-order chi connectivity index (χ0) is 21.1. The number of anilines is 2. The molecule has 30 heavy (non-hydrogen) atoms. The highest BCUT2D eigenvalue weighted by atomic mass is 35.5. The fourth-order valence-corrected chi connectivity index (χ4v) is 3.98. The van der Waals surface area contributed by atoms with Gasteiger partial charge < -0.3 is 9.64 Å². The van der Waals surface area contributed by atoms with Crippen molar-refractivity contribution < 1.29 is 14.5 Å². The minimum atomic E-state index is -0.469. The smallest absolute Gasteiger partial charge is 0.293 e. The van der Waals surface area contributed by atoms with Crippen LogP contribution in [0.25, 0.3) is 11.3 Å². The highest BCUT2D eigenvalue weighted by Crippen LogP contribution is 2.31. The van der Waals surface area contributed by atoms with Crippen LogP contribution in [0.3, 0.4) is 0 Å². The molecule has 0 bridgehead atoms. The first-order valence-electron chi connectivity index (χ1n) is 9.15. The molecule has 0 radical (unpaired) electrons. The van der Waals surface area contributed by atoms with Crippen LogP contribution in [-0.4, -0.2) is 42.1 Å². The predicted octanol–water partition coefficient (Wildman–Crippen LogP) is 4.46. The number of hydrogen-bond donors (Lipinski definition) is 1. The largest absolute Gasteiger partial charge is 0.378 e. The summed E-state index contributed by atoms with van der Waals surface area (Å²) in [7, 11) is 0.